The van der Waals surface area contributed by atoms with E-state index in [1.54, 1.807) is 12.1 Å². The van der Waals surface area contributed by atoms with Gasteiger partial charge >= 0.3 is 0 Å². The molecule has 4 saturated carbocycles. The molecule has 0 spiro atoms. The van der Waals surface area contributed by atoms with Crippen molar-refractivity contribution in [2.75, 3.05) is 5.32 Å². The highest BCUT2D eigenvalue weighted by Gasteiger charge is 2.51. The van der Waals surface area contributed by atoms with Crippen molar-refractivity contribution in [2.45, 2.75) is 64.2 Å². The van der Waals surface area contributed by atoms with Gasteiger partial charge in [0, 0.05) is 11.1 Å². The van der Waals surface area contributed by atoms with Gasteiger partial charge in [0.15, 0.2) is 5.82 Å². The zero-order valence-corrected chi connectivity index (χ0v) is 21.5. The van der Waals surface area contributed by atoms with Crippen molar-refractivity contribution in [3.63, 3.8) is 0 Å². The van der Waals surface area contributed by atoms with Gasteiger partial charge in [-0.15, -0.1) is 0 Å². The molecule has 8 rings (SSSR count). The van der Waals surface area contributed by atoms with E-state index in [1.807, 2.05) is 18.2 Å². The van der Waals surface area contributed by atoms with E-state index < -0.39 is 0 Å². The fraction of sp³-hybridized carbons (Fsp3) is 0.438. The van der Waals surface area contributed by atoms with Crippen molar-refractivity contribution < 1.29 is 14.0 Å². The van der Waals surface area contributed by atoms with E-state index in [-0.39, 0.29) is 23.6 Å². The normalized spacial score (nSPS) is 26.5. The van der Waals surface area contributed by atoms with Gasteiger partial charge in [-0.1, -0.05) is 24.3 Å². The predicted molar refractivity (Wildman–Crippen MR) is 143 cm³/mol. The second kappa shape index (κ2) is 9.11. The summed E-state index contributed by atoms with van der Waals surface area (Å²) in [6.45, 7) is 0. The van der Waals surface area contributed by atoms with Crippen LogP contribution < -0.4 is 5.32 Å². The highest BCUT2D eigenvalue weighted by atomic mass is 19.1. The first-order valence-corrected chi connectivity index (χ1v) is 14.0. The Hall–Kier alpha value is -3.41. The number of nitrogens with one attached hydrogen (secondary N) is 1. The number of amides is 1. The first-order chi connectivity index (χ1) is 18.4. The molecular formula is C32H32FN3O2. The van der Waals surface area contributed by atoms with Gasteiger partial charge in [-0.25, -0.2) is 14.4 Å². The van der Waals surface area contributed by atoms with Crippen LogP contribution in [0, 0.1) is 29.0 Å². The van der Waals surface area contributed by atoms with Crippen LogP contribution >= 0.6 is 0 Å². The summed E-state index contributed by atoms with van der Waals surface area (Å²) in [6.07, 6.45) is 11.3. The van der Waals surface area contributed by atoms with Crippen molar-refractivity contribution >= 4 is 18.0 Å². The molecule has 3 aromatic rings. The number of nitrogens with zero attached hydrogens (tertiary/aromatic N) is 2. The lowest BCUT2D eigenvalue weighted by Gasteiger charge is -2.57. The molecule has 38 heavy (non-hydrogen) atoms. The van der Waals surface area contributed by atoms with Crippen LogP contribution in [0.1, 0.15) is 71.4 Å². The number of benzene rings is 2. The molecule has 1 heterocycles. The van der Waals surface area contributed by atoms with Crippen molar-refractivity contribution in [1.29, 1.82) is 0 Å². The van der Waals surface area contributed by atoms with E-state index in [1.165, 1.54) is 50.7 Å². The summed E-state index contributed by atoms with van der Waals surface area (Å²) in [5, 5.41) is 3.10. The first-order valence-electron chi connectivity index (χ1n) is 14.0. The highest BCUT2D eigenvalue weighted by Crippen LogP contribution is 2.61. The minimum atomic E-state index is -0.312. The molecule has 1 amide bonds. The first kappa shape index (κ1) is 23.7. The summed E-state index contributed by atoms with van der Waals surface area (Å²) in [4.78, 5) is 34.7. The van der Waals surface area contributed by atoms with Gasteiger partial charge in [-0.3, -0.25) is 9.59 Å². The molecule has 0 saturated heterocycles. The maximum absolute atomic E-state index is 13.4. The molecule has 5 aliphatic rings. The van der Waals surface area contributed by atoms with E-state index in [0.29, 0.717) is 11.4 Å². The molecule has 6 heteroatoms. The Labute approximate surface area is 222 Å². The van der Waals surface area contributed by atoms with Crippen LogP contribution in [0.2, 0.25) is 0 Å². The van der Waals surface area contributed by atoms with E-state index in [9.17, 15) is 14.0 Å². The Kier molecular flexibility index (Phi) is 5.68. The number of aryl methyl sites for hydroxylation is 2. The number of rotatable bonds is 6. The maximum atomic E-state index is 13.4. The minimum Gasteiger partial charge on any atom is -0.309 e. The smallest absolute Gasteiger partial charge is 0.229 e. The number of aromatic nitrogens is 2. The number of carbonyl (C=O) groups excluding carboxylic acids is 2. The molecule has 0 atom stereocenters. The van der Waals surface area contributed by atoms with E-state index in [4.69, 9.17) is 9.97 Å². The molecule has 0 unspecified atom stereocenters. The largest absolute Gasteiger partial charge is 0.309 e. The number of hydrogen-bond acceptors (Lipinski definition) is 4. The van der Waals surface area contributed by atoms with Gasteiger partial charge < -0.3 is 5.32 Å². The van der Waals surface area contributed by atoms with E-state index >= 15 is 0 Å². The third-order valence-electron chi connectivity index (χ3n) is 9.44. The standard InChI is InChI=1S/C32H32FN3O2/c33-25-5-1-19(2-6-25)13-29(38)36-31-28(17-32-14-21-9-22(15-32)11-23(10-21)16-32)34-30-26-7-3-20(18-37)12-24(26)4-8-27(30)35-31/h1-3,5-7,12,18,21-23H,4,8-11,13-17H2,(H,35,36,38). The van der Waals surface area contributed by atoms with Crippen molar-refractivity contribution in [1.82, 2.24) is 9.97 Å². The predicted octanol–water partition coefficient (Wildman–Crippen LogP) is 6.13. The number of fused-ring (bicyclic) bond motifs is 3. The van der Waals surface area contributed by atoms with Crippen LogP contribution in [-0.2, 0) is 30.5 Å². The molecule has 5 aliphatic carbocycles. The molecule has 1 N–H and O–H groups in total. The molecule has 1 aromatic heterocycles. The fourth-order valence-corrected chi connectivity index (χ4v) is 8.32. The second-order valence-corrected chi connectivity index (χ2v) is 12.3. The Bertz CT molecular complexity index is 1400. The molecule has 0 aliphatic heterocycles. The summed E-state index contributed by atoms with van der Waals surface area (Å²) >= 11 is 0. The zero-order chi connectivity index (χ0) is 25.9. The van der Waals surface area contributed by atoms with Crippen LogP contribution in [0.4, 0.5) is 10.2 Å². The Balaban J connectivity index is 1.24. The third kappa shape index (κ3) is 4.34. The van der Waals surface area contributed by atoms with Gasteiger partial charge in [0.25, 0.3) is 0 Å². The highest BCUT2D eigenvalue weighted by molar-refractivity contribution is 5.92. The van der Waals surface area contributed by atoms with Crippen molar-refractivity contribution in [3.05, 3.63) is 76.4 Å². The molecule has 5 nitrogen and oxygen atoms in total. The lowest BCUT2D eigenvalue weighted by molar-refractivity contribution is -0.115. The monoisotopic (exact) mass is 509 g/mol. The number of aldehydes is 1. The van der Waals surface area contributed by atoms with Gasteiger partial charge in [0.2, 0.25) is 5.91 Å². The second-order valence-electron chi connectivity index (χ2n) is 12.3. The van der Waals surface area contributed by atoms with Gasteiger partial charge in [0.1, 0.15) is 12.1 Å². The van der Waals surface area contributed by atoms with Crippen LogP contribution in [0.5, 0.6) is 0 Å². The summed E-state index contributed by atoms with van der Waals surface area (Å²) in [5.74, 6) is 2.58. The lowest BCUT2D eigenvalue weighted by Crippen LogP contribution is -2.47. The SMILES string of the molecule is O=Cc1ccc2c(c1)CCc1nc(NC(=O)Cc3ccc(F)cc3)c(CC34CC5CC(CC(C5)C3)C4)nc1-2. The molecule has 194 valence electrons. The number of anilines is 1. The zero-order valence-electron chi connectivity index (χ0n) is 21.5. The molecule has 2 aromatic carbocycles. The molecule has 4 bridgehead atoms. The van der Waals surface area contributed by atoms with Crippen molar-refractivity contribution in [2.24, 2.45) is 23.2 Å². The Morgan fingerprint density at radius 2 is 1.68 bits per heavy atom. The number of hydrogen-bond donors (Lipinski definition) is 1. The topological polar surface area (TPSA) is 72.0 Å². The summed E-state index contributed by atoms with van der Waals surface area (Å²) in [6, 6.07) is 11.9. The number of halogens is 1. The lowest BCUT2D eigenvalue weighted by atomic mass is 9.48. The Morgan fingerprint density at radius 3 is 2.37 bits per heavy atom. The van der Waals surface area contributed by atoms with Crippen LogP contribution in [0.15, 0.2) is 42.5 Å². The molecular weight excluding hydrogens is 477 g/mol. The van der Waals surface area contributed by atoms with E-state index in [0.717, 1.165) is 77.1 Å². The average Bonchev–Trinajstić information content (AvgIpc) is 2.89. The van der Waals surface area contributed by atoms with Gasteiger partial charge in [0.05, 0.1) is 23.5 Å². The van der Waals surface area contributed by atoms with Crippen LogP contribution in [-0.4, -0.2) is 22.2 Å². The minimum absolute atomic E-state index is 0.160. The number of carbonyl (C=O) groups is 2. The van der Waals surface area contributed by atoms with Crippen LogP contribution in [0.3, 0.4) is 0 Å². The molecule has 4 fully saturated rings. The molecule has 0 radical (unpaired) electrons. The third-order valence-corrected chi connectivity index (χ3v) is 9.44. The summed E-state index contributed by atoms with van der Waals surface area (Å²) in [7, 11) is 0. The van der Waals surface area contributed by atoms with Crippen molar-refractivity contribution in [3.8, 4) is 11.3 Å². The van der Waals surface area contributed by atoms with Gasteiger partial charge in [-0.2, -0.15) is 0 Å². The maximum Gasteiger partial charge on any atom is 0.229 e. The van der Waals surface area contributed by atoms with Crippen LogP contribution in [0.25, 0.3) is 11.3 Å². The quantitative estimate of drug-likeness (QED) is 0.406. The Morgan fingerprint density at radius 1 is 0.974 bits per heavy atom. The van der Waals surface area contributed by atoms with E-state index in [2.05, 4.69) is 5.32 Å². The summed E-state index contributed by atoms with van der Waals surface area (Å²) < 4.78 is 13.4. The summed E-state index contributed by atoms with van der Waals surface area (Å²) in [5.41, 5.74) is 6.52. The fourth-order valence-electron chi connectivity index (χ4n) is 8.32. The van der Waals surface area contributed by atoms with Gasteiger partial charge in [-0.05, 0) is 110 Å². The average molecular weight is 510 g/mol.